The number of nitrogens with one attached hydrogen (secondary N) is 1. The Kier molecular flexibility index (Phi) is 4.00. The second kappa shape index (κ2) is 5.28. The average Bonchev–Trinajstić information content (AvgIpc) is 2.67. The molecule has 0 bridgehead atoms. The van der Waals surface area contributed by atoms with E-state index in [0.717, 1.165) is 0 Å². The summed E-state index contributed by atoms with van der Waals surface area (Å²) in [4.78, 5) is 13.0. The molecular formula is C10H11F3N2O4S. The zero-order chi connectivity index (χ0) is 15.1. The zero-order valence-corrected chi connectivity index (χ0v) is 10.7. The van der Waals surface area contributed by atoms with Crippen molar-refractivity contribution in [1.29, 1.82) is 0 Å². The highest BCUT2D eigenvalue weighted by atomic mass is 32.1. The molecule has 1 unspecified atom stereocenters. The Morgan fingerprint density at radius 3 is 2.80 bits per heavy atom. The molecule has 6 nitrogen and oxygen atoms in total. The van der Waals surface area contributed by atoms with Gasteiger partial charge < -0.3 is 14.9 Å². The third kappa shape index (κ3) is 2.18. The van der Waals surface area contributed by atoms with Gasteiger partial charge in [0.2, 0.25) is 5.82 Å². The van der Waals surface area contributed by atoms with Crippen molar-refractivity contribution in [3.63, 3.8) is 0 Å². The zero-order valence-electron chi connectivity index (χ0n) is 9.92. The molecule has 1 aliphatic rings. The van der Waals surface area contributed by atoms with Crippen molar-refractivity contribution < 1.29 is 28.1 Å². The molecule has 1 fully saturated rings. The number of ether oxygens (including phenoxy) is 1. The molecule has 2 rings (SSSR count). The summed E-state index contributed by atoms with van der Waals surface area (Å²) in [7, 11) is 0. The minimum atomic E-state index is -2.64. The van der Waals surface area contributed by atoms with E-state index >= 15 is 0 Å². The van der Waals surface area contributed by atoms with Gasteiger partial charge in [0.25, 0.3) is 5.56 Å². The molecule has 4 atom stereocenters. The first-order valence-electron chi connectivity index (χ1n) is 5.55. The molecular weight excluding hydrogens is 301 g/mol. The second-order valence-corrected chi connectivity index (χ2v) is 4.77. The van der Waals surface area contributed by atoms with Crippen LogP contribution in [0.1, 0.15) is 6.23 Å². The molecule has 10 heteroatoms. The van der Waals surface area contributed by atoms with E-state index in [2.05, 4.69) is 0 Å². The van der Waals surface area contributed by atoms with Crippen molar-refractivity contribution in [3.8, 4) is 0 Å². The fourth-order valence-corrected chi connectivity index (χ4v) is 2.27. The number of hydrogen-bond acceptors (Lipinski definition) is 5. The van der Waals surface area contributed by atoms with Crippen LogP contribution in [0.5, 0.6) is 0 Å². The van der Waals surface area contributed by atoms with Gasteiger partial charge >= 0.3 is 0 Å². The lowest BCUT2D eigenvalue weighted by molar-refractivity contribution is -0.112. The smallest absolute Gasteiger partial charge is 0.287 e. The predicted octanol–water partition coefficient (Wildman–Crippen LogP) is -0.0266. The fourth-order valence-electron chi connectivity index (χ4n) is 2.03. The number of halogens is 3. The van der Waals surface area contributed by atoms with Crippen LogP contribution in [-0.4, -0.2) is 50.9 Å². The number of hydrogen-bond donors (Lipinski definition) is 3. The fraction of sp³-hybridized carbons (Fsp3) is 0.600. The van der Waals surface area contributed by atoms with Crippen LogP contribution in [0.25, 0.3) is 0 Å². The van der Waals surface area contributed by atoms with E-state index in [1.807, 2.05) is 4.98 Å². The number of alkyl halides is 2. The van der Waals surface area contributed by atoms with Crippen LogP contribution in [-0.2, 0) is 4.74 Å². The van der Waals surface area contributed by atoms with Crippen LogP contribution in [0, 0.1) is 10.6 Å². The van der Waals surface area contributed by atoms with Gasteiger partial charge in [-0.3, -0.25) is 14.3 Å². The average molecular weight is 312 g/mol. The first-order chi connectivity index (χ1) is 9.35. The van der Waals surface area contributed by atoms with Gasteiger partial charge in [0.05, 0.1) is 12.8 Å². The third-order valence-corrected chi connectivity index (χ3v) is 3.42. The molecule has 1 aromatic heterocycles. The summed E-state index contributed by atoms with van der Waals surface area (Å²) in [5.41, 5.74) is -3.75. The van der Waals surface area contributed by atoms with Gasteiger partial charge in [-0.15, -0.1) is 0 Å². The van der Waals surface area contributed by atoms with E-state index < -0.39 is 48.8 Å². The summed E-state index contributed by atoms with van der Waals surface area (Å²) in [5, 5.41) is 18.9. The van der Waals surface area contributed by atoms with Gasteiger partial charge in [-0.2, -0.15) is 4.39 Å². The number of H-pyrrole nitrogens is 1. The lowest BCUT2D eigenvalue weighted by Gasteiger charge is -2.28. The number of aromatic nitrogens is 2. The summed E-state index contributed by atoms with van der Waals surface area (Å²) < 4.78 is 45.5. The Hall–Kier alpha value is -1.23. The topological polar surface area (TPSA) is 87.5 Å². The Morgan fingerprint density at radius 2 is 2.25 bits per heavy atom. The molecule has 0 aromatic carbocycles. The molecule has 0 spiro atoms. The molecule has 112 valence electrons. The molecule has 0 radical (unpaired) electrons. The number of aliphatic hydroxyl groups excluding tert-OH is 1. The Labute approximate surface area is 115 Å². The number of nitrogens with zero attached hydrogens (tertiary/aromatic N) is 1. The third-order valence-electron chi connectivity index (χ3n) is 3.11. The number of rotatable bonds is 3. The quantitative estimate of drug-likeness (QED) is 0.683. The lowest BCUT2D eigenvalue weighted by atomic mass is 9.97. The lowest BCUT2D eigenvalue weighted by Crippen LogP contribution is -2.47. The van der Waals surface area contributed by atoms with E-state index in [1.54, 1.807) is 0 Å². The number of aromatic amines is 1. The first-order valence-corrected chi connectivity index (χ1v) is 5.95. The molecule has 1 saturated heterocycles. The second-order valence-electron chi connectivity index (χ2n) is 4.38. The van der Waals surface area contributed by atoms with E-state index in [0.29, 0.717) is 10.8 Å². The van der Waals surface area contributed by atoms with Gasteiger partial charge in [-0.05, 0) is 12.2 Å². The molecule has 1 aliphatic heterocycles. The van der Waals surface area contributed by atoms with Gasteiger partial charge in [-0.25, -0.2) is 8.78 Å². The maximum absolute atomic E-state index is 13.9. The van der Waals surface area contributed by atoms with Crippen LogP contribution in [0.2, 0.25) is 0 Å². The van der Waals surface area contributed by atoms with Crippen LogP contribution in [0.3, 0.4) is 0 Å². The highest BCUT2D eigenvalue weighted by Crippen LogP contribution is 2.40. The SMILES string of the molecule is O=c1[nH]c(=S)n([C@@H]2O[C@H](CO)C(F)[C@]2(O)CF)cc1F. The van der Waals surface area contributed by atoms with Crippen molar-refractivity contribution >= 4 is 12.2 Å². The van der Waals surface area contributed by atoms with Crippen molar-refractivity contribution in [2.24, 2.45) is 0 Å². The van der Waals surface area contributed by atoms with Crippen LogP contribution in [0.4, 0.5) is 13.2 Å². The highest BCUT2D eigenvalue weighted by molar-refractivity contribution is 7.71. The van der Waals surface area contributed by atoms with Gasteiger partial charge in [0.15, 0.2) is 22.8 Å². The summed E-state index contributed by atoms with van der Waals surface area (Å²) in [6.07, 6.45) is -4.85. The normalized spacial score (nSPS) is 33.5. The van der Waals surface area contributed by atoms with Gasteiger partial charge in [-0.1, -0.05) is 0 Å². The van der Waals surface area contributed by atoms with E-state index in [-0.39, 0.29) is 4.77 Å². The maximum Gasteiger partial charge on any atom is 0.287 e. The minimum Gasteiger partial charge on any atom is -0.394 e. The monoisotopic (exact) mass is 312 g/mol. The molecule has 20 heavy (non-hydrogen) atoms. The summed E-state index contributed by atoms with van der Waals surface area (Å²) >= 11 is 4.74. The van der Waals surface area contributed by atoms with Crippen molar-refractivity contribution in [2.45, 2.75) is 24.1 Å². The van der Waals surface area contributed by atoms with Crippen molar-refractivity contribution in [2.75, 3.05) is 13.3 Å². The maximum atomic E-state index is 13.9. The molecule has 0 aliphatic carbocycles. The Bertz CT molecular complexity index is 621. The summed E-state index contributed by atoms with van der Waals surface area (Å²) in [6, 6.07) is 0. The number of aliphatic hydroxyl groups is 2. The van der Waals surface area contributed by atoms with E-state index in [4.69, 9.17) is 22.1 Å². The van der Waals surface area contributed by atoms with Crippen LogP contribution in [0.15, 0.2) is 11.0 Å². The van der Waals surface area contributed by atoms with Crippen LogP contribution < -0.4 is 5.56 Å². The van der Waals surface area contributed by atoms with Crippen molar-refractivity contribution in [1.82, 2.24) is 9.55 Å². The molecule has 3 N–H and O–H groups in total. The van der Waals surface area contributed by atoms with Gasteiger partial charge in [0.1, 0.15) is 12.8 Å². The Balaban J connectivity index is 2.54. The molecule has 1 aromatic rings. The largest absolute Gasteiger partial charge is 0.394 e. The Morgan fingerprint density at radius 1 is 1.60 bits per heavy atom. The predicted molar refractivity (Wildman–Crippen MR) is 62.7 cm³/mol. The standard InChI is InChI=1S/C10H11F3N2O4S/c11-3-10(18)6(13)5(2-16)19-8(10)15-1-4(12)7(17)14-9(15)20/h1,5-6,8,16,18H,2-3H2,(H,14,17,20)/t5-,6?,8-,10-/m1/s1. The molecule has 0 amide bonds. The summed E-state index contributed by atoms with van der Waals surface area (Å²) in [5.74, 6) is -1.26. The first kappa shape index (κ1) is 15.2. The van der Waals surface area contributed by atoms with Crippen LogP contribution >= 0.6 is 12.2 Å². The highest BCUT2D eigenvalue weighted by Gasteiger charge is 2.57. The minimum absolute atomic E-state index is 0.376. The van der Waals surface area contributed by atoms with E-state index in [1.165, 1.54) is 0 Å². The summed E-state index contributed by atoms with van der Waals surface area (Å²) in [6.45, 7) is -2.35. The van der Waals surface area contributed by atoms with E-state index in [9.17, 15) is 23.1 Å². The molecule has 0 saturated carbocycles. The van der Waals surface area contributed by atoms with Gasteiger partial charge in [0, 0.05) is 0 Å². The molecule has 2 heterocycles. The van der Waals surface area contributed by atoms with Crippen molar-refractivity contribution in [3.05, 3.63) is 27.1 Å².